The van der Waals surface area contributed by atoms with Crippen molar-refractivity contribution in [2.75, 3.05) is 19.8 Å². The molecule has 0 unspecified atom stereocenters. The van der Waals surface area contributed by atoms with Crippen LogP contribution in [0.3, 0.4) is 0 Å². The fraction of sp³-hybridized carbons (Fsp3) is 0.571. The highest BCUT2D eigenvalue weighted by atomic mass is 35.5. The van der Waals surface area contributed by atoms with Crippen molar-refractivity contribution in [1.82, 2.24) is 0 Å². The topological polar surface area (TPSA) is 35.2 Å². The fourth-order valence-electron chi connectivity index (χ4n) is 2.00. The number of rotatable bonds is 8. The Morgan fingerprint density at radius 1 is 1.11 bits per heavy atom. The van der Waals surface area contributed by atoms with Gasteiger partial charge in [-0.15, -0.1) is 0 Å². The number of halogens is 1. The largest absolute Gasteiger partial charge is 0.380 e. The van der Waals surface area contributed by atoms with Gasteiger partial charge in [-0.1, -0.05) is 54.5 Å². The first-order chi connectivity index (χ1) is 8.56. The second-order valence-corrected chi connectivity index (χ2v) is 10.5. The predicted molar refractivity (Wildman–Crippen MR) is 82.5 cm³/mol. The minimum atomic E-state index is -1.31. The van der Waals surface area contributed by atoms with Gasteiger partial charge in [-0.05, 0) is 18.6 Å². The molecule has 4 heteroatoms. The van der Waals surface area contributed by atoms with Crippen LogP contribution in [0, 0.1) is 0 Å². The lowest BCUT2D eigenvalue weighted by atomic mass is 10.3. The minimum Gasteiger partial charge on any atom is -0.380 e. The van der Waals surface area contributed by atoms with Crippen molar-refractivity contribution in [2.45, 2.75) is 32.0 Å². The van der Waals surface area contributed by atoms with E-state index >= 15 is 0 Å². The third kappa shape index (κ3) is 5.53. The van der Waals surface area contributed by atoms with Gasteiger partial charge in [-0.25, -0.2) is 0 Å². The lowest BCUT2D eigenvalue weighted by Crippen LogP contribution is -2.40. The normalized spacial score (nSPS) is 11.8. The van der Waals surface area contributed by atoms with E-state index in [1.165, 1.54) is 17.7 Å². The molecule has 0 spiro atoms. The Labute approximate surface area is 116 Å². The van der Waals surface area contributed by atoms with Crippen LogP contribution < -0.4 is 10.9 Å². The van der Waals surface area contributed by atoms with Crippen LogP contribution in [0.2, 0.25) is 24.2 Å². The molecule has 0 aromatic heterocycles. The monoisotopic (exact) mass is 285 g/mol. The summed E-state index contributed by atoms with van der Waals surface area (Å²) in [5, 5.41) is 2.30. The zero-order valence-electron chi connectivity index (χ0n) is 11.4. The van der Waals surface area contributed by atoms with Crippen LogP contribution in [0.5, 0.6) is 0 Å². The summed E-state index contributed by atoms with van der Waals surface area (Å²) < 4.78 is 5.39. The lowest BCUT2D eigenvalue weighted by molar-refractivity contribution is 0.138. The summed E-state index contributed by atoms with van der Waals surface area (Å²) in [6.45, 7) is 6.96. The van der Waals surface area contributed by atoms with Gasteiger partial charge < -0.3 is 10.5 Å². The first-order valence-electron chi connectivity index (χ1n) is 6.60. The van der Waals surface area contributed by atoms with Crippen molar-refractivity contribution >= 4 is 24.9 Å². The second kappa shape index (κ2) is 7.95. The van der Waals surface area contributed by atoms with Crippen LogP contribution in [0.15, 0.2) is 24.3 Å². The van der Waals surface area contributed by atoms with Gasteiger partial charge in [-0.3, -0.25) is 0 Å². The van der Waals surface area contributed by atoms with Gasteiger partial charge in [0.1, 0.15) is 0 Å². The van der Waals surface area contributed by atoms with E-state index in [2.05, 4.69) is 25.2 Å². The summed E-state index contributed by atoms with van der Waals surface area (Å²) in [6, 6.07) is 9.64. The van der Waals surface area contributed by atoms with Crippen LogP contribution in [-0.4, -0.2) is 27.8 Å². The number of benzene rings is 1. The third-order valence-electron chi connectivity index (χ3n) is 3.23. The molecular weight excluding hydrogens is 262 g/mol. The Balaban J connectivity index is 2.33. The molecule has 0 radical (unpaired) electrons. The van der Waals surface area contributed by atoms with Crippen molar-refractivity contribution < 1.29 is 4.74 Å². The molecule has 0 aliphatic heterocycles. The maximum Gasteiger partial charge on any atom is 0.0806 e. The van der Waals surface area contributed by atoms with Crippen molar-refractivity contribution in [3.05, 3.63) is 29.3 Å². The van der Waals surface area contributed by atoms with E-state index in [-0.39, 0.29) is 0 Å². The van der Waals surface area contributed by atoms with Crippen LogP contribution in [0.1, 0.15) is 12.8 Å². The molecule has 0 heterocycles. The molecule has 1 aromatic carbocycles. The Hall–Kier alpha value is -0.353. The molecule has 1 rings (SSSR count). The van der Waals surface area contributed by atoms with Crippen LogP contribution in [0.25, 0.3) is 0 Å². The average Bonchev–Trinajstić information content (AvgIpc) is 2.34. The predicted octanol–water partition coefficient (Wildman–Crippen LogP) is 3.01. The number of unbranched alkanes of at least 4 members (excludes halogenated alkanes) is 1. The first kappa shape index (κ1) is 15.7. The SMILES string of the molecule is C[Si](C)(CCCCOCCN)c1ccc(Cl)cc1. The molecule has 0 aliphatic carbocycles. The molecule has 18 heavy (non-hydrogen) atoms. The molecule has 0 aliphatic rings. The first-order valence-corrected chi connectivity index (χ1v) is 10.2. The van der Waals surface area contributed by atoms with Gasteiger partial charge in [0, 0.05) is 18.2 Å². The summed E-state index contributed by atoms with van der Waals surface area (Å²) in [5.74, 6) is 0. The number of hydrogen-bond acceptors (Lipinski definition) is 2. The highest BCUT2D eigenvalue weighted by Gasteiger charge is 2.22. The maximum atomic E-state index is 5.93. The number of ether oxygens (including phenoxy) is 1. The third-order valence-corrected chi connectivity index (χ3v) is 6.98. The molecule has 0 saturated heterocycles. The van der Waals surface area contributed by atoms with Gasteiger partial charge >= 0.3 is 0 Å². The molecule has 0 atom stereocenters. The zero-order chi connectivity index (χ0) is 13.4. The summed E-state index contributed by atoms with van der Waals surface area (Å²) >= 11 is 5.93. The van der Waals surface area contributed by atoms with E-state index in [1.54, 1.807) is 0 Å². The van der Waals surface area contributed by atoms with Crippen molar-refractivity contribution in [3.63, 3.8) is 0 Å². The summed E-state index contributed by atoms with van der Waals surface area (Å²) in [6.07, 6.45) is 2.36. The standard InChI is InChI=1S/C14H24ClNOSi/c1-18(2,12-4-3-10-17-11-9-16)14-7-5-13(15)6-8-14/h5-8H,3-4,9-12,16H2,1-2H3. The van der Waals surface area contributed by atoms with Gasteiger partial charge in [-0.2, -0.15) is 0 Å². The summed E-state index contributed by atoms with van der Waals surface area (Å²) in [4.78, 5) is 0. The average molecular weight is 286 g/mol. The highest BCUT2D eigenvalue weighted by molar-refractivity contribution is 6.89. The van der Waals surface area contributed by atoms with Gasteiger partial charge in [0.15, 0.2) is 0 Å². The lowest BCUT2D eigenvalue weighted by Gasteiger charge is -2.23. The van der Waals surface area contributed by atoms with E-state index in [0.717, 1.165) is 18.1 Å². The number of nitrogens with two attached hydrogens (primary N) is 1. The Bertz CT molecular complexity index is 340. The molecular formula is C14H24ClNOSi. The molecule has 0 saturated carbocycles. The van der Waals surface area contributed by atoms with Crippen molar-refractivity contribution in [3.8, 4) is 0 Å². The summed E-state index contributed by atoms with van der Waals surface area (Å²) in [5.41, 5.74) is 5.37. The van der Waals surface area contributed by atoms with Crippen molar-refractivity contribution in [1.29, 1.82) is 0 Å². The van der Waals surface area contributed by atoms with Gasteiger partial charge in [0.05, 0.1) is 14.7 Å². The minimum absolute atomic E-state index is 0.616. The van der Waals surface area contributed by atoms with Gasteiger partial charge in [0.2, 0.25) is 0 Å². The molecule has 0 fully saturated rings. The van der Waals surface area contributed by atoms with E-state index in [9.17, 15) is 0 Å². The van der Waals surface area contributed by atoms with E-state index in [1.807, 2.05) is 12.1 Å². The molecule has 102 valence electrons. The fourth-order valence-corrected chi connectivity index (χ4v) is 4.62. The zero-order valence-corrected chi connectivity index (χ0v) is 13.2. The quantitative estimate of drug-likeness (QED) is 0.589. The van der Waals surface area contributed by atoms with E-state index in [0.29, 0.717) is 13.2 Å². The molecule has 0 bridgehead atoms. The second-order valence-electron chi connectivity index (χ2n) is 5.25. The highest BCUT2D eigenvalue weighted by Crippen LogP contribution is 2.15. The molecule has 2 nitrogen and oxygen atoms in total. The smallest absolute Gasteiger partial charge is 0.0806 e. The molecule has 2 N–H and O–H groups in total. The molecule has 0 amide bonds. The van der Waals surface area contributed by atoms with Crippen LogP contribution in [0.4, 0.5) is 0 Å². The number of hydrogen-bond donors (Lipinski definition) is 1. The Morgan fingerprint density at radius 3 is 2.39 bits per heavy atom. The van der Waals surface area contributed by atoms with Gasteiger partial charge in [0.25, 0.3) is 0 Å². The van der Waals surface area contributed by atoms with Crippen LogP contribution in [-0.2, 0) is 4.74 Å². The van der Waals surface area contributed by atoms with Crippen LogP contribution >= 0.6 is 11.6 Å². The molecule has 1 aromatic rings. The Kier molecular flexibility index (Phi) is 6.93. The van der Waals surface area contributed by atoms with E-state index < -0.39 is 8.07 Å². The Morgan fingerprint density at radius 2 is 1.78 bits per heavy atom. The van der Waals surface area contributed by atoms with Crippen molar-refractivity contribution in [2.24, 2.45) is 5.73 Å². The van der Waals surface area contributed by atoms with E-state index in [4.69, 9.17) is 22.1 Å². The summed E-state index contributed by atoms with van der Waals surface area (Å²) in [7, 11) is -1.31. The maximum absolute atomic E-state index is 5.93.